The van der Waals surface area contributed by atoms with Crippen LogP contribution in [0.2, 0.25) is 0 Å². The van der Waals surface area contributed by atoms with Gasteiger partial charge in [-0.1, -0.05) is 0 Å². The van der Waals surface area contributed by atoms with Gasteiger partial charge in [0.25, 0.3) is 0 Å². The fourth-order valence-electron chi connectivity index (χ4n) is 1.98. The Morgan fingerprint density at radius 3 is 3.11 bits per heavy atom. The maximum atomic E-state index is 11.1. The highest BCUT2D eigenvalue weighted by molar-refractivity contribution is 5.59. The summed E-state index contributed by atoms with van der Waals surface area (Å²) >= 11 is 0. The first-order chi connectivity index (χ1) is 9.11. The Bertz CT molecular complexity index is 468. The lowest BCUT2D eigenvalue weighted by Crippen LogP contribution is -2.41. The second-order valence-electron chi connectivity index (χ2n) is 4.32. The zero-order valence-electron chi connectivity index (χ0n) is 11.0. The monoisotopic (exact) mass is 267 g/mol. The lowest BCUT2D eigenvalue weighted by atomic mass is 10.3. The Labute approximate surface area is 110 Å². The number of morpholine rings is 1. The molecule has 19 heavy (non-hydrogen) atoms. The summed E-state index contributed by atoms with van der Waals surface area (Å²) in [6, 6.07) is 0. The SMILES string of the molecule is CCNc1ncc([N+](=O)[O-])c(N2CCOC(C)C2)n1. The smallest absolute Gasteiger partial charge is 0.329 e. The summed E-state index contributed by atoms with van der Waals surface area (Å²) in [7, 11) is 0. The standard InChI is InChI=1S/C11H17N5O3/c1-3-12-11-13-6-9(16(17)18)10(14-11)15-4-5-19-8(2)7-15/h6,8H,3-5,7H2,1-2H3,(H,12,13,14). The summed E-state index contributed by atoms with van der Waals surface area (Å²) in [6.45, 7) is 6.23. The van der Waals surface area contributed by atoms with Crippen molar-refractivity contribution in [3.63, 3.8) is 0 Å². The number of aromatic nitrogens is 2. The molecule has 0 radical (unpaired) electrons. The van der Waals surface area contributed by atoms with Crippen molar-refractivity contribution in [1.29, 1.82) is 0 Å². The first kappa shape index (κ1) is 13.5. The van der Waals surface area contributed by atoms with Gasteiger partial charge in [-0.3, -0.25) is 10.1 Å². The average molecular weight is 267 g/mol. The van der Waals surface area contributed by atoms with Crippen molar-refractivity contribution in [1.82, 2.24) is 9.97 Å². The third kappa shape index (κ3) is 3.08. The van der Waals surface area contributed by atoms with Crippen LogP contribution in [-0.2, 0) is 4.74 Å². The van der Waals surface area contributed by atoms with Gasteiger partial charge in [-0.15, -0.1) is 0 Å². The maximum Gasteiger partial charge on any atom is 0.329 e. The molecule has 2 heterocycles. The van der Waals surface area contributed by atoms with E-state index in [0.29, 0.717) is 38.0 Å². The Kier molecular flexibility index (Phi) is 4.10. The molecule has 1 unspecified atom stereocenters. The third-order valence-electron chi connectivity index (χ3n) is 2.82. The molecule has 0 aliphatic carbocycles. The molecule has 0 amide bonds. The number of nitrogens with zero attached hydrogens (tertiary/aromatic N) is 4. The highest BCUT2D eigenvalue weighted by Gasteiger charge is 2.26. The van der Waals surface area contributed by atoms with Gasteiger partial charge in [0.2, 0.25) is 11.8 Å². The van der Waals surface area contributed by atoms with Crippen molar-refractivity contribution < 1.29 is 9.66 Å². The van der Waals surface area contributed by atoms with E-state index >= 15 is 0 Å². The molecule has 0 saturated carbocycles. The Balaban J connectivity index is 2.33. The van der Waals surface area contributed by atoms with Crippen molar-refractivity contribution in [2.24, 2.45) is 0 Å². The minimum Gasteiger partial charge on any atom is -0.375 e. The lowest BCUT2D eigenvalue weighted by Gasteiger charge is -2.31. The first-order valence-electron chi connectivity index (χ1n) is 6.23. The fourth-order valence-corrected chi connectivity index (χ4v) is 1.98. The van der Waals surface area contributed by atoms with Crippen LogP contribution in [0.1, 0.15) is 13.8 Å². The van der Waals surface area contributed by atoms with E-state index in [1.54, 1.807) is 0 Å². The van der Waals surface area contributed by atoms with Gasteiger partial charge in [-0.2, -0.15) is 4.98 Å². The van der Waals surface area contributed by atoms with Gasteiger partial charge < -0.3 is 15.0 Å². The number of nitrogens with one attached hydrogen (secondary N) is 1. The number of rotatable bonds is 4. The van der Waals surface area contributed by atoms with Crippen molar-refractivity contribution in [3.8, 4) is 0 Å². The summed E-state index contributed by atoms with van der Waals surface area (Å²) in [6.07, 6.45) is 1.28. The normalized spacial score (nSPS) is 19.3. The van der Waals surface area contributed by atoms with Crippen LogP contribution < -0.4 is 10.2 Å². The van der Waals surface area contributed by atoms with Crippen LogP contribution in [0, 0.1) is 10.1 Å². The van der Waals surface area contributed by atoms with Crippen LogP contribution >= 0.6 is 0 Å². The summed E-state index contributed by atoms with van der Waals surface area (Å²) in [5.41, 5.74) is -0.0734. The van der Waals surface area contributed by atoms with Crippen molar-refractivity contribution in [2.45, 2.75) is 20.0 Å². The second-order valence-corrected chi connectivity index (χ2v) is 4.32. The number of anilines is 2. The van der Waals surface area contributed by atoms with E-state index in [9.17, 15) is 10.1 Å². The third-order valence-corrected chi connectivity index (χ3v) is 2.82. The van der Waals surface area contributed by atoms with Crippen molar-refractivity contribution in [2.75, 3.05) is 36.5 Å². The van der Waals surface area contributed by atoms with Crippen LogP contribution in [0.25, 0.3) is 0 Å². The molecule has 0 spiro atoms. The van der Waals surface area contributed by atoms with Gasteiger partial charge in [-0.25, -0.2) is 4.98 Å². The molecule has 0 aromatic carbocycles. The molecule has 1 atom stereocenters. The molecule has 1 fully saturated rings. The second kappa shape index (κ2) is 5.79. The van der Waals surface area contributed by atoms with Gasteiger partial charge in [0.05, 0.1) is 17.6 Å². The van der Waals surface area contributed by atoms with Crippen molar-refractivity contribution in [3.05, 3.63) is 16.3 Å². The van der Waals surface area contributed by atoms with Gasteiger partial charge in [0.1, 0.15) is 6.20 Å². The van der Waals surface area contributed by atoms with Crippen LogP contribution in [0.3, 0.4) is 0 Å². The number of hydrogen-bond acceptors (Lipinski definition) is 7. The summed E-state index contributed by atoms with van der Waals surface area (Å²) < 4.78 is 5.44. The summed E-state index contributed by atoms with van der Waals surface area (Å²) in [4.78, 5) is 20.7. The summed E-state index contributed by atoms with van der Waals surface area (Å²) in [5.74, 6) is 0.758. The minimum absolute atomic E-state index is 0.0332. The predicted octanol–water partition coefficient (Wildman–Crippen LogP) is 1.04. The average Bonchev–Trinajstić information content (AvgIpc) is 2.39. The molecule has 0 bridgehead atoms. The Hall–Kier alpha value is -1.96. The van der Waals surface area contributed by atoms with E-state index < -0.39 is 4.92 Å². The van der Waals surface area contributed by atoms with Gasteiger partial charge in [-0.05, 0) is 13.8 Å². The molecule has 2 rings (SSSR count). The molecule has 1 saturated heterocycles. The molecular formula is C11H17N5O3. The van der Waals surface area contributed by atoms with Crippen LogP contribution in [0.5, 0.6) is 0 Å². The van der Waals surface area contributed by atoms with Crippen LogP contribution in [0.4, 0.5) is 17.5 Å². The van der Waals surface area contributed by atoms with Gasteiger partial charge in [0.15, 0.2) is 0 Å². The number of hydrogen-bond donors (Lipinski definition) is 1. The Morgan fingerprint density at radius 1 is 1.68 bits per heavy atom. The molecule has 1 aromatic heterocycles. The van der Waals surface area contributed by atoms with Crippen LogP contribution in [-0.4, -0.2) is 47.2 Å². The quantitative estimate of drug-likeness (QED) is 0.643. The lowest BCUT2D eigenvalue weighted by molar-refractivity contribution is -0.384. The zero-order chi connectivity index (χ0) is 13.8. The molecule has 8 heteroatoms. The molecule has 104 valence electrons. The predicted molar refractivity (Wildman–Crippen MR) is 70.5 cm³/mol. The van der Waals surface area contributed by atoms with Gasteiger partial charge in [0, 0.05) is 19.6 Å². The number of ether oxygens (including phenoxy) is 1. The Morgan fingerprint density at radius 2 is 2.47 bits per heavy atom. The van der Waals surface area contributed by atoms with E-state index in [4.69, 9.17) is 4.74 Å². The molecule has 1 N–H and O–H groups in total. The van der Waals surface area contributed by atoms with E-state index in [2.05, 4.69) is 15.3 Å². The molecule has 1 aliphatic rings. The van der Waals surface area contributed by atoms with Crippen molar-refractivity contribution >= 4 is 17.5 Å². The van der Waals surface area contributed by atoms with E-state index in [1.807, 2.05) is 18.7 Å². The molecule has 1 aliphatic heterocycles. The maximum absolute atomic E-state index is 11.1. The van der Waals surface area contributed by atoms with E-state index in [0.717, 1.165) is 0 Å². The number of nitro groups is 1. The summed E-state index contributed by atoms with van der Waals surface area (Å²) in [5, 5.41) is 14.0. The molecule has 8 nitrogen and oxygen atoms in total. The van der Waals surface area contributed by atoms with E-state index in [1.165, 1.54) is 6.20 Å². The van der Waals surface area contributed by atoms with E-state index in [-0.39, 0.29) is 11.8 Å². The minimum atomic E-state index is -0.453. The highest BCUT2D eigenvalue weighted by Crippen LogP contribution is 2.27. The molecule has 1 aromatic rings. The largest absolute Gasteiger partial charge is 0.375 e. The zero-order valence-corrected chi connectivity index (χ0v) is 11.0. The topological polar surface area (TPSA) is 93.4 Å². The first-order valence-corrected chi connectivity index (χ1v) is 6.23. The van der Waals surface area contributed by atoms with Gasteiger partial charge >= 0.3 is 5.69 Å². The molecular weight excluding hydrogens is 250 g/mol. The fraction of sp³-hybridized carbons (Fsp3) is 0.636. The highest BCUT2D eigenvalue weighted by atomic mass is 16.6. The van der Waals surface area contributed by atoms with Crippen LogP contribution in [0.15, 0.2) is 6.20 Å².